The maximum atomic E-state index is 13.5. The molecule has 3 rings (SSSR count). The van der Waals surface area contributed by atoms with Gasteiger partial charge in [0.25, 0.3) is 0 Å². The van der Waals surface area contributed by atoms with Gasteiger partial charge in [0.2, 0.25) is 0 Å². The number of benzene rings is 2. The first kappa shape index (κ1) is 29.6. The minimum atomic E-state index is -4.92. The monoisotopic (exact) mass is 544 g/mol. The summed E-state index contributed by atoms with van der Waals surface area (Å²) < 4.78 is 86.5. The van der Waals surface area contributed by atoms with Gasteiger partial charge in [-0.25, -0.2) is 4.79 Å². The van der Waals surface area contributed by atoms with E-state index in [1.165, 1.54) is 0 Å². The van der Waals surface area contributed by atoms with Crippen molar-refractivity contribution < 1.29 is 35.9 Å². The van der Waals surface area contributed by atoms with Crippen molar-refractivity contribution in [2.45, 2.75) is 90.5 Å². The van der Waals surface area contributed by atoms with Crippen LogP contribution in [0.2, 0.25) is 0 Å². The zero-order chi connectivity index (χ0) is 28.5. The second-order valence-corrected chi connectivity index (χ2v) is 10.8. The van der Waals surface area contributed by atoms with Crippen LogP contribution >= 0.6 is 0 Å². The summed E-state index contributed by atoms with van der Waals surface area (Å²) in [6.45, 7) is 9.37. The van der Waals surface area contributed by atoms with Gasteiger partial charge >= 0.3 is 18.4 Å². The number of rotatable bonds is 5. The van der Waals surface area contributed by atoms with E-state index in [4.69, 9.17) is 4.74 Å². The molecule has 1 heterocycles. The molecule has 0 bridgehead atoms. The summed E-state index contributed by atoms with van der Waals surface area (Å²) in [6, 6.07) is 8.63. The lowest BCUT2D eigenvalue weighted by molar-refractivity contribution is -0.143. The van der Waals surface area contributed by atoms with E-state index in [2.05, 4.69) is 0 Å². The van der Waals surface area contributed by atoms with Gasteiger partial charge in [0.15, 0.2) is 0 Å². The van der Waals surface area contributed by atoms with Crippen molar-refractivity contribution in [1.29, 1.82) is 0 Å². The Kier molecular flexibility index (Phi) is 8.63. The number of likely N-dealkylation sites (tertiary alicyclic amines) is 1. The fraction of sp³-hybridized carbons (Fsp3) is 0.536. The number of anilines is 1. The van der Waals surface area contributed by atoms with E-state index in [0.717, 1.165) is 17.7 Å². The predicted molar refractivity (Wildman–Crippen MR) is 134 cm³/mol. The van der Waals surface area contributed by atoms with E-state index in [1.54, 1.807) is 25.7 Å². The van der Waals surface area contributed by atoms with Crippen LogP contribution in [0.15, 0.2) is 42.5 Å². The number of hydrogen-bond acceptors (Lipinski definition) is 3. The Labute approximate surface area is 219 Å². The lowest BCUT2D eigenvalue weighted by atomic mass is 9.93. The van der Waals surface area contributed by atoms with E-state index in [0.29, 0.717) is 31.5 Å². The van der Waals surface area contributed by atoms with Crippen LogP contribution < -0.4 is 4.90 Å². The molecule has 4 nitrogen and oxygen atoms in total. The second kappa shape index (κ2) is 11.1. The number of halogens is 6. The fourth-order valence-electron chi connectivity index (χ4n) is 4.74. The van der Waals surface area contributed by atoms with Crippen LogP contribution in [0.5, 0.6) is 0 Å². The van der Waals surface area contributed by atoms with Crippen molar-refractivity contribution in [3.63, 3.8) is 0 Å². The molecule has 210 valence electrons. The third-order valence-electron chi connectivity index (χ3n) is 6.59. The quantitative estimate of drug-likeness (QED) is 0.356. The van der Waals surface area contributed by atoms with Crippen LogP contribution in [0, 0.1) is 6.92 Å². The molecule has 0 N–H and O–H groups in total. The number of carbonyl (C=O) groups is 1. The highest BCUT2D eigenvalue weighted by molar-refractivity contribution is 5.69. The van der Waals surface area contributed by atoms with Gasteiger partial charge in [-0.3, -0.25) is 0 Å². The van der Waals surface area contributed by atoms with Crippen molar-refractivity contribution in [3.05, 3.63) is 64.7 Å². The highest BCUT2D eigenvalue weighted by Crippen LogP contribution is 2.38. The third-order valence-corrected chi connectivity index (χ3v) is 6.59. The van der Waals surface area contributed by atoms with Gasteiger partial charge in [-0.2, -0.15) is 26.3 Å². The Morgan fingerprint density at radius 1 is 0.974 bits per heavy atom. The van der Waals surface area contributed by atoms with Crippen molar-refractivity contribution >= 4 is 11.8 Å². The zero-order valence-electron chi connectivity index (χ0n) is 22.2. The first-order valence-corrected chi connectivity index (χ1v) is 12.6. The lowest BCUT2D eigenvalue weighted by Crippen LogP contribution is -2.53. The molecule has 0 radical (unpaired) electrons. The van der Waals surface area contributed by atoms with E-state index >= 15 is 0 Å². The molecule has 0 aromatic heterocycles. The largest absolute Gasteiger partial charge is 0.444 e. The first-order chi connectivity index (χ1) is 17.5. The number of hydrogen-bond donors (Lipinski definition) is 0. The Morgan fingerprint density at radius 3 is 2.00 bits per heavy atom. The minimum Gasteiger partial charge on any atom is -0.444 e. The molecule has 0 aliphatic carbocycles. The SMILES string of the molecule is CCC1CC(N(Cc2cc(C(F)(F)F)cc(C(F)(F)F)c2)c2ccc(C)cc2)CCN1C(=O)OC(C)(C)C. The van der Waals surface area contributed by atoms with Crippen LogP contribution in [0.3, 0.4) is 0 Å². The normalized spacial score (nSPS) is 18.9. The molecule has 1 saturated heterocycles. The van der Waals surface area contributed by atoms with Crippen LogP contribution in [0.1, 0.15) is 69.2 Å². The van der Waals surface area contributed by atoms with Crippen molar-refractivity contribution in [2.24, 2.45) is 0 Å². The first-order valence-electron chi connectivity index (χ1n) is 12.6. The fourth-order valence-corrected chi connectivity index (χ4v) is 4.74. The number of nitrogens with zero attached hydrogens (tertiary/aromatic N) is 2. The van der Waals surface area contributed by atoms with Gasteiger partial charge in [-0.1, -0.05) is 24.6 Å². The molecule has 2 aromatic carbocycles. The molecule has 0 saturated carbocycles. The molecule has 1 amide bonds. The average molecular weight is 545 g/mol. The molecule has 10 heteroatoms. The summed E-state index contributed by atoms with van der Waals surface area (Å²) in [5.74, 6) is 0. The number of alkyl halides is 6. The van der Waals surface area contributed by atoms with Gasteiger partial charge in [0.05, 0.1) is 11.1 Å². The van der Waals surface area contributed by atoms with Gasteiger partial charge in [0.1, 0.15) is 5.60 Å². The molecule has 1 fully saturated rings. The van der Waals surface area contributed by atoms with Gasteiger partial charge in [-0.05, 0) is 82.9 Å². The summed E-state index contributed by atoms with van der Waals surface area (Å²) in [5.41, 5.74) is -1.77. The summed E-state index contributed by atoms with van der Waals surface area (Å²) in [4.78, 5) is 16.3. The number of carbonyl (C=O) groups excluding carboxylic acids is 1. The summed E-state index contributed by atoms with van der Waals surface area (Å²) in [5, 5.41) is 0. The standard InChI is InChI=1S/C28H34F6N2O2/c1-6-22-16-24(11-12-35(22)25(37)38-26(3,4)5)36(23-9-7-18(2)8-10-23)17-19-13-20(27(29,30)31)15-21(14-19)28(32,33)34/h7-10,13-15,22,24H,6,11-12,16-17H2,1-5H3. The number of piperidine rings is 1. The zero-order valence-corrected chi connectivity index (χ0v) is 22.2. The lowest BCUT2D eigenvalue weighted by Gasteiger charge is -2.44. The van der Waals surface area contributed by atoms with Gasteiger partial charge in [0, 0.05) is 30.9 Å². The number of amides is 1. The highest BCUT2D eigenvalue weighted by Gasteiger charge is 2.38. The van der Waals surface area contributed by atoms with Crippen LogP contribution in [0.25, 0.3) is 0 Å². The third kappa shape index (κ3) is 7.57. The van der Waals surface area contributed by atoms with Crippen molar-refractivity contribution in [1.82, 2.24) is 4.90 Å². The molecular formula is C28H34F6N2O2. The summed E-state index contributed by atoms with van der Waals surface area (Å²) >= 11 is 0. The molecule has 2 atom stereocenters. The van der Waals surface area contributed by atoms with Crippen LogP contribution in [0.4, 0.5) is 36.8 Å². The van der Waals surface area contributed by atoms with Crippen LogP contribution in [-0.4, -0.2) is 35.2 Å². The Hall–Kier alpha value is -2.91. The van der Waals surface area contributed by atoms with Gasteiger partial charge in [-0.15, -0.1) is 0 Å². The number of ether oxygens (including phenoxy) is 1. The summed E-state index contributed by atoms with van der Waals surface area (Å²) in [6.07, 6.45) is -8.67. The second-order valence-electron chi connectivity index (χ2n) is 10.8. The Bertz CT molecular complexity index is 1070. The van der Waals surface area contributed by atoms with Crippen LogP contribution in [-0.2, 0) is 23.6 Å². The maximum absolute atomic E-state index is 13.5. The minimum absolute atomic E-state index is 0.0876. The highest BCUT2D eigenvalue weighted by atomic mass is 19.4. The van der Waals surface area contributed by atoms with Crippen molar-refractivity contribution in [2.75, 3.05) is 11.4 Å². The molecule has 0 spiro atoms. The van der Waals surface area contributed by atoms with E-state index in [-0.39, 0.29) is 30.3 Å². The maximum Gasteiger partial charge on any atom is 0.416 e. The topological polar surface area (TPSA) is 32.8 Å². The molecule has 1 aliphatic rings. The molecule has 2 aromatic rings. The molecule has 1 aliphatic heterocycles. The smallest absolute Gasteiger partial charge is 0.416 e. The molecular weight excluding hydrogens is 510 g/mol. The Balaban J connectivity index is 1.97. The predicted octanol–water partition coefficient (Wildman–Crippen LogP) is 8.22. The van der Waals surface area contributed by atoms with E-state index in [1.807, 2.05) is 43.0 Å². The molecule has 2 unspecified atom stereocenters. The van der Waals surface area contributed by atoms with Gasteiger partial charge < -0.3 is 14.5 Å². The Morgan fingerprint density at radius 2 is 1.53 bits per heavy atom. The number of aryl methyl sites for hydroxylation is 1. The van der Waals surface area contributed by atoms with E-state index < -0.39 is 35.2 Å². The summed E-state index contributed by atoms with van der Waals surface area (Å²) in [7, 11) is 0. The van der Waals surface area contributed by atoms with Crippen molar-refractivity contribution in [3.8, 4) is 0 Å². The average Bonchev–Trinajstić information content (AvgIpc) is 2.80. The van der Waals surface area contributed by atoms with E-state index in [9.17, 15) is 31.1 Å². The molecule has 38 heavy (non-hydrogen) atoms.